The van der Waals surface area contributed by atoms with Crippen LogP contribution in [0.2, 0.25) is 0 Å². The Labute approximate surface area is 108 Å². The van der Waals surface area contributed by atoms with Crippen molar-refractivity contribution >= 4 is 0 Å². The Hall–Kier alpha value is -1.17. The summed E-state index contributed by atoms with van der Waals surface area (Å²) in [6, 6.07) is 1.94. The first-order valence-corrected chi connectivity index (χ1v) is 6.17. The molecular weight excluding hydrogens is 230 g/mol. The third kappa shape index (κ3) is 2.80. The number of nitrogens with zero attached hydrogens (tertiary/aromatic N) is 3. The minimum Gasteiger partial charge on any atom is -0.495 e. The number of hydrogen-bond donors (Lipinski definition) is 1. The van der Waals surface area contributed by atoms with Crippen LogP contribution in [-0.4, -0.2) is 66.8 Å². The summed E-state index contributed by atoms with van der Waals surface area (Å²) in [5.41, 5.74) is 0.807. The number of rotatable bonds is 3. The van der Waals surface area contributed by atoms with E-state index in [-0.39, 0.29) is 6.04 Å². The van der Waals surface area contributed by atoms with Crippen LogP contribution < -0.4 is 4.74 Å². The number of aliphatic hydroxyl groups excluding tert-OH is 1. The molecule has 0 bridgehead atoms. The van der Waals surface area contributed by atoms with Crippen LogP contribution in [0.3, 0.4) is 0 Å². The van der Waals surface area contributed by atoms with Gasteiger partial charge in [-0.3, -0.25) is 9.88 Å². The number of aliphatic hydroxyl groups is 1. The Morgan fingerprint density at radius 1 is 1.39 bits per heavy atom. The van der Waals surface area contributed by atoms with E-state index in [1.54, 1.807) is 19.5 Å². The van der Waals surface area contributed by atoms with E-state index in [1.165, 1.54) is 0 Å². The fraction of sp³-hybridized carbons (Fsp3) is 0.615. The maximum atomic E-state index is 10.5. The topological polar surface area (TPSA) is 48.8 Å². The van der Waals surface area contributed by atoms with E-state index in [0.29, 0.717) is 5.75 Å². The predicted molar refractivity (Wildman–Crippen MR) is 69.7 cm³/mol. The van der Waals surface area contributed by atoms with Crippen LogP contribution in [0.1, 0.15) is 11.7 Å². The second kappa shape index (κ2) is 5.65. The highest BCUT2D eigenvalue weighted by Crippen LogP contribution is 2.24. The van der Waals surface area contributed by atoms with Crippen LogP contribution >= 0.6 is 0 Å². The number of methoxy groups -OCH3 is 1. The largest absolute Gasteiger partial charge is 0.495 e. The molecule has 2 atom stereocenters. The lowest BCUT2D eigenvalue weighted by atomic mass is 10.0. The summed E-state index contributed by atoms with van der Waals surface area (Å²) in [6.45, 7) is 2.86. The molecule has 2 unspecified atom stereocenters. The fourth-order valence-corrected chi connectivity index (χ4v) is 2.32. The van der Waals surface area contributed by atoms with Gasteiger partial charge in [0.15, 0.2) is 0 Å². The normalized spacial score (nSPS) is 23.9. The Morgan fingerprint density at radius 2 is 2.17 bits per heavy atom. The Kier molecular flexibility index (Phi) is 4.16. The summed E-state index contributed by atoms with van der Waals surface area (Å²) < 4.78 is 5.14. The van der Waals surface area contributed by atoms with Crippen molar-refractivity contribution in [1.29, 1.82) is 0 Å². The minimum atomic E-state index is -0.541. The minimum absolute atomic E-state index is 0.0951. The van der Waals surface area contributed by atoms with Gasteiger partial charge in [0.1, 0.15) is 5.75 Å². The van der Waals surface area contributed by atoms with E-state index >= 15 is 0 Å². The number of piperazine rings is 1. The Morgan fingerprint density at radius 3 is 2.89 bits per heavy atom. The van der Waals surface area contributed by atoms with Gasteiger partial charge in [0, 0.05) is 31.4 Å². The molecule has 0 spiro atoms. The molecule has 2 rings (SSSR count). The molecule has 0 aliphatic carbocycles. The van der Waals surface area contributed by atoms with Gasteiger partial charge in [-0.25, -0.2) is 0 Å². The summed E-state index contributed by atoms with van der Waals surface area (Å²) in [7, 11) is 5.73. The van der Waals surface area contributed by atoms with Crippen molar-refractivity contribution in [2.24, 2.45) is 0 Å². The highest BCUT2D eigenvalue weighted by atomic mass is 16.5. The summed E-state index contributed by atoms with van der Waals surface area (Å²) in [5, 5.41) is 10.5. The van der Waals surface area contributed by atoms with Crippen molar-refractivity contribution in [2.75, 3.05) is 40.8 Å². The summed E-state index contributed by atoms with van der Waals surface area (Å²) in [5.74, 6) is 0.679. The first-order chi connectivity index (χ1) is 8.61. The Balaban J connectivity index is 2.15. The fourth-order valence-electron chi connectivity index (χ4n) is 2.32. The summed E-state index contributed by atoms with van der Waals surface area (Å²) in [6.07, 6.45) is 2.81. The molecule has 0 saturated carbocycles. The van der Waals surface area contributed by atoms with Gasteiger partial charge in [-0.05, 0) is 20.2 Å². The lowest BCUT2D eigenvalue weighted by Crippen LogP contribution is -2.52. The average molecular weight is 251 g/mol. The van der Waals surface area contributed by atoms with Crippen LogP contribution in [0, 0.1) is 0 Å². The first-order valence-electron chi connectivity index (χ1n) is 6.17. The molecule has 100 valence electrons. The number of aromatic nitrogens is 1. The molecule has 0 radical (unpaired) electrons. The zero-order valence-electron chi connectivity index (χ0n) is 11.2. The molecule has 1 fully saturated rings. The van der Waals surface area contributed by atoms with E-state index in [0.717, 1.165) is 25.2 Å². The van der Waals surface area contributed by atoms with Crippen LogP contribution in [0.15, 0.2) is 18.5 Å². The van der Waals surface area contributed by atoms with Crippen molar-refractivity contribution in [2.45, 2.75) is 12.1 Å². The van der Waals surface area contributed by atoms with E-state index in [2.05, 4.69) is 28.9 Å². The van der Waals surface area contributed by atoms with Gasteiger partial charge in [0.25, 0.3) is 0 Å². The highest BCUT2D eigenvalue weighted by Gasteiger charge is 2.29. The molecule has 5 heteroatoms. The molecule has 0 aromatic carbocycles. The second-order valence-corrected chi connectivity index (χ2v) is 4.91. The quantitative estimate of drug-likeness (QED) is 0.841. The van der Waals surface area contributed by atoms with Gasteiger partial charge < -0.3 is 14.7 Å². The predicted octanol–water partition coefficient (Wildman–Crippen LogP) is 0.369. The average Bonchev–Trinajstić information content (AvgIpc) is 2.41. The smallest absolute Gasteiger partial charge is 0.137 e. The van der Waals surface area contributed by atoms with Crippen molar-refractivity contribution in [3.63, 3.8) is 0 Å². The molecule has 1 aromatic heterocycles. The van der Waals surface area contributed by atoms with E-state index < -0.39 is 6.10 Å². The molecule has 18 heavy (non-hydrogen) atoms. The Bertz CT molecular complexity index is 400. The van der Waals surface area contributed by atoms with Crippen molar-refractivity contribution in [3.05, 3.63) is 24.0 Å². The first kappa shape index (κ1) is 13.3. The third-order valence-electron chi connectivity index (χ3n) is 3.58. The number of ether oxygens (including phenoxy) is 1. The van der Waals surface area contributed by atoms with Gasteiger partial charge in [-0.2, -0.15) is 0 Å². The van der Waals surface area contributed by atoms with Gasteiger partial charge >= 0.3 is 0 Å². The lowest BCUT2D eigenvalue weighted by Gasteiger charge is -2.40. The van der Waals surface area contributed by atoms with Crippen LogP contribution in [0.25, 0.3) is 0 Å². The van der Waals surface area contributed by atoms with E-state index in [1.807, 2.05) is 6.07 Å². The summed E-state index contributed by atoms with van der Waals surface area (Å²) in [4.78, 5) is 8.53. The molecule has 2 heterocycles. The standard InChI is InChI=1S/C13H21N3O2/c1-15-4-5-16(2)12(9-15)13(17)10-6-11(18-3)8-14-7-10/h6-8,12-13,17H,4-5,9H2,1-3H3. The molecule has 1 aliphatic rings. The molecule has 0 amide bonds. The molecule has 1 aliphatic heterocycles. The van der Waals surface area contributed by atoms with Crippen LogP contribution in [0.4, 0.5) is 0 Å². The molecule has 5 nitrogen and oxygen atoms in total. The van der Waals surface area contributed by atoms with Gasteiger partial charge in [0.05, 0.1) is 25.5 Å². The van der Waals surface area contributed by atoms with Gasteiger partial charge in [0.2, 0.25) is 0 Å². The van der Waals surface area contributed by atoms with Crippen LogP contribution in [0.5, 0.6) is 5.75 Å². The zero-order valence-corrected chi connectivity index (χ0v) is 11.2. The van der Waals surface area contributed by atoms with Crippen molar-refractivity contribution < 1.29 is 9.84 Å². The van der Waals surface area contributed by atoms with Gasteiger partial charge in [-0.1, -0.05) is 0 Å². The molecule has 1 aromatic rings. The molecule has 1 N–H and O–H groups in total. The maximum Gasteiger partial charge on any atom is 0.137 e. The van der Waals surface area contributed by atoms with Crippen LogP contribution in [-0.2, 0) is 0 Å². The van der Waals surface area contributed by atoms with E-state index in [4.69, 9.17) is 4.74 Å². The maximum absolute atomic E-state index is 10.5. The number of likely N-dealkylation sites (N-methyl/N-ethyl adjacent to an activating group) is 2. The third-order valence-corrected chi connectivity index (χ3v) is 3.58. The van der Waals surface area contributed by atoms with Gasteiger partial charge in [-0.15, -0.1) is 0 Å². The SMILES string of the molecule is COc1cncc(C(O)C2CN(C)CCN2C)c1. The number of hydrogen-bond acceptors (Lipinski definition) is 5. The monoisotopic (exact) mass is 251 g/mol. The zero-order chi connectivity index (χ0) is 13.1. The second-order valence-electron chi connectivity index (χ2n) is 4.91. The molecular formula is C13H21N3O2. The number of pyridine rings is 1. The lowest BCUT2D eigenvalue weighted by molar-refractivity contribution is 0.0136. The molecule has 1 saturated heterocycles. The van der Waals surface area contributed by atoms with Crippen molar-refractivity contribution in [1.82, 2.24) is 14.8 Å². The van der Waals surface area contributed by atoms with E-state index in [9.17, 15) is 5.11 Å². The summed E-state index contributed by atoms with van der Waals surface area (Å²) >= 11 is 0. The highest BCUT2D eigenvalue weighted by molar-refractivity contribution is 5.26. The van der Waals surface area contributed by atoms with Crippen molar-refractivity contribution in [3.8, 4) is 5.75 Å².